The van der Waals surface area contributed by atoms with E-state index in [1.54, 1.807) is 0 Å². The van der Waals surface area contributed by atoms with Gasteiger partial charge in [0.05, 0.1) is 5.69 Å². The van der Waals surface area contributed by atoms with Crippen LogP contribution in [0.25, 0.3) is 53.7 Å². The van der Waals surface area contributed by atoms with Crippen LogP contribution in [0.15, 0.2) is 103 Å². The lowest BCUT2D eigenvalue weighted by Crippen LogP contribution is -1.91. The van der Waals surface area contributed by atoms with Crippen molar-refractivity contribution < 1.29 is 0 Å². The number of aryl methyl sites for hydroxylation is 1. The molecule has 2 heteroatoms. The Hall–Kier alpha value is -3.75. The summed E-state index contributed by atoms with van der Waals surface area (Å²) in [6, 6.07) is 35.1. The van der Waals surface area contributed by atoms with E-state index in [9.17, 15) is 0 Å². The van der Waals surface area contributed by atoms with Gasteiger partial charge in [-0.3, -0.25) is 4.98 Å². The minimum atomic E-state index is 0.474. The van der Waals surface area contributed by atoms with Crippen LogP contribution in [0.5, 0.6) is 0 Å². The predicted molar refractivity (Wildman–Crippen MR) is 152 cm³/mol. The first-order chi connectivity index (χ1) is 17.1. The molecule has 170 valence electrons. The predicted octanol–water partition coefficient (Wildman–Crippen LogP) is 9.88. The Bertz CT molecular complexity index is 1660. The second-order valence-electron chi connectivity index (χ2n) is 9.48. The maximum atomic E-state index is 4.92. The quantitative estimate of drug-likeness (QED) is 0.250. The number of pyridine rings is 1. The second-order valence-corrected chi connectivity index (χ2v) is 10.5. The van der Waals surface area contributed by atoms with Crippen LogP contribution >= 0.6 is 11.3 Å². The van der Waals surface area contributed by atoms with Gasteiger partial charge in [-0.2, -0.15) is 0 Å². The zero-order valence-electron chi connectivity index (χ0n) is 20.2. The highest BCUT2D eigenvalue weighted by molar-refractivity contribution is 7.23. The van der Waals surface area contributed by atoms with E-state index in [1.807, 2.05) is 17.5 Å². The van der Waals surface area contributed by atoms with Gasteiger partial charge in [0.1, 0.15) is 0 Å². The molecule has 0 spiro atoms. The van der Waals surface area contributed by atoms with E-state index in [0.717, 1.165) is 5.69 Å². The molecule has 1 nitrogen and oxygen atoms in total. The van der Waals surface area contributed by atoms with E-state index in [1.165, 1.54) is 59.1 Å². The summed E-state index contributed by atoms with van der Waals surface area (Å²) in [5, 5.41) is 3.75. The smallest absolute Gasteiger partial charge is 0.0780 e. The van der Waals surface area contributed by atoms with Crippen LogP contribution in [0.3, 0.4) is 0 Å². The summed E-state index contributed by atoms with van der Waals surface area (Å²) in [4.78, 5) is 6.25. The number of hydrogen-bond donors (Lipinski definition) is 0. The molecule has 0 bridgehead atoms. The van der Waals surface area contributed by atoms with Crippen LogP contribution in [0.1, 0.15) is 30.9 Å². The average Bonchev–Trinajstić information content (AvgIpc) is 3.24. The van der Waals surface area contributed by atoms with E-state index < -0.39 is 0 Å². The van der Waals surface area contributed by atoms with Crippen LogP contribution in [0.4, 0.5) is 0 Å². The van der Waals surface area contributed by atoms with Crippen LogP contribution in [0.2, 0.25) is 0 Å². The lowest BCUT2D eigenvalue weighted by atomic mass is 9.93. The van der Waals surface area contributed by atoms with Gasteiger partial charge in [0.25, 0.3) is 0 Å². The van der Waals surface area contributed by atoms with Crippen LogP contribution < -0.4 is 0 Å². The topological polar surface area (TPSA) is 12.9 Å². The summed E-state index contributed by atoms with van der Waals surface area (Å²) in [7, 11) is 0. The largest absolute Gasteiger partial charge is 0.256 e. The fourth-order valence-corrected chi connectivity index (χ4v) is 6.26. The highest BCUT2D eigenvalue weighted by atomic mass is 32.1. The summed E-state index contributed by atoms with van der Waals surface area (Å²) in [5.41, 5.74) is 8.68. The second kappa shape index (κ2) is 8.79. The third-order valence-electron chi connectivity index (χ3n) is 6.89. The molecule has 6 rings (SSSR count). The monoisotopic (exact) mass is 469 g/mol. The molecule has 0 N–H and O–H groups in total. The highest BCUT2D eigenvalue weighted by Gasteiger charge is 2.18. The molecule has 2 aromatic heterocycles. The molecule has 4 aromatic carbocycles. The minimum absolute atomic E-state index is 0.474. The molecule has 0 amide bonds. The third-order valence-corrected chi connectivity index (χ3v) is 8.28. The molecule has 0 atom stereocenters. The Kier molecular flexibility index (Phi) is 5.47. The molecular formula is C33H27NS. The number of rotatable bonds is 4. The van der Waals surface area contributed by atoms with Crippen LogP contribution in [0, 0.1) is 6.92 Å². The van der Waals surface area contributed by atoms with Crippen molar-refractivity contribution in [2.45, 2.75) is 26.7 Å². The standard InChI is InChI=1S/C33H27NS/c1-21(2)26-15-14-24-16-17-34-31(29(24)18-26)27-19-28-22(3)32(25-12-8-5-9-13-25)35-33(28)30(20-27)23-10-6-4-7-11-23/h4-21H,1-3H3. The number of benzene rings is 4. The first kappa shape index (κ1) is 21.8. The molecule has 0 aliphatic rings. The minimum Gasteiger partial charge on any atom is -0.256 e. The van der Waals surface area contributed by atoms with Crippen molar-refractivity contribution in [3.8, 4) is 32.8 Å². The Labute approximate surface area is 210 Å². The maximum Gasteiger partial charge on any atom is 0.0780 e. The van der Waals surface area contributed by atoms with Crippen LogP contribution in [-0.4, -0.2) is 4.98 Å². The van der Waals surface area contributed by atoms with Gasteiger partial charge >= 0.3 is 0 Å². The Balaban J connectivity index is 1.66. The molecule has 0 saturated carbocycles. The van der Waals surface area contributed by atoms with Gasteiger partial charge in [0, 0.05) is 32.3 Å². The zero-order chi connectivity index (χ0) is 23.9. The van der Waals surface area contributed by atoms with E-state index >= 15 is 0 Å². The van der Waals surface area contributed by atoms with Crippen molar-refractivity contribution in [3.63, 3.8) is 0 Å². The molecular weight excluding hydrogens is 442 g/mol. The highest BCUT2D eigenvalue weighted by Crippen LogP contribution is 2.45. The zero-order valence-corrected chi connectivity index (χ0v) is 21.1. The number of aromatic nitrogens is 1. The Morgan fingerprint density at radius 3 is 2.11 bits per heavy atom. The van der Waals surface area contributed by atoms with Gasteiger partial charge in [-0.1, -0.05) is 86.6 Å². The lowest BCUT2D eigenvalue weighted by Gasteiger charge is -2.12. The molecule has 0 aliphatic heterocycles. The molecule has 0 fully saturated rings. The molecule has 0 radical (unpaired) electrons. The molecule has 2 heterocycles. The molecule has 0 aliphatic carbocycles. The van der Waals surface area contributed by atoms with Gasteiger partial charge in [-0.15, -0.1) is 11.3 Å². The van der Waals surface area contributed by atoms with Crippen molar-refractivity contribution in [1.29, 1.82) is 0 Å². The summed E-state index contributed by atoms with van der Waals surface area (Å²) < 4.78 is 1.33. The Morgan fingerprint density at radius 2 is 1.40 bits per heavy atom. The van der Waals surface area contributed by atoms with Gasteiger partial charge in [-0.25, -0.2) is 0 Å². The van der Waals surface area contributed by atoms with Crippen molar-refractivity contribution in [3.05, 3.63) is 114 Å². The lowest BCUT2D eigenvalue weighted by molar-refractivity contribution is 0.869. The molecule has 0 unspecified atom stereocenters. The number of thiophene rings is 1. The number of hydrogen-bond acceptors (Lipinski definition) is 2. The van der Waals surface area contributed by atoms with E-state index in [0.29, 0.717) is 5.92 Å². The van der Waals surface area contributed by atoms with Gasteiger partial charge in [-0.05, 0) is 70.1 Å². The number of fused-ring (bicyclic) bond motifs is 2. The summed E-state index contributed by atoms with van der Waals surface area (Å²) >= 11 is 1.89. The SMILES string of the molecule is Cc1c(-c2ccccc2)sc2c(-c3ccccc3)cc(-c3nccc4ccc(C(C)C)cc34)cc12. The van der Waals surface area contributed by atoms with Gasteiger partial charge < -0.3 is 0 Å². The van der Waals surface area contributed by atoms with Gasteiger partial charge in [0.2, 0.25) is 0 Å². The first-order valence-corrected chi connectivity index (χ1v) is 13.0. The van der Waals surface area contributed by atoms with Crippen molar-refractivity contribution >= 4 is 32.2 Å². The first-order valence-electron chi connectivity index (χ1n) is 12.2. The molecule has 35 heavy (non-hydrogen) atoms. The summed E-state index contributed by atoms with van der Waals surface area (Å²) in [6.45, 7) is 6.75. The third kappa shape index (κ3) is 3.84. The van der Waals surface area contributed by atoms with Crippen molar-refractivity contribution in [1.82, 2.24) is 4.98 Å². The summed E-state index contributed by atoms with van der Waals surface area (Å²) in [5.74, 6) is 0.474. The fourth-order valence-electron chi connectivity index (χ4n) is 4.93. The molecule has 6 aromatic rings. The van der Waals surface area contributed by atoms with E-state index in [-0.39, 0.29) is 0 Å². The van der Waals surface area contributed by atoms with E-state index in [2.05, 4.69) is 118 Å². The number of nitrogens with zero attached hydrogens (tertiary/aromatic N) is 1. The van der Waals surface area contributed by atoms with E-state index in [4.69, 9.17) is 4.98 Å². The fraction of sp³-hybridized carbons (Fsp3) is 0.121. The maximum absolute atomic E-state index is 4.92. The summed E-state index contributed by atoms with van der Waals surface area (Å²) in [6.07, 6.45) is 1.94. The Morgan fingerprint density at radius 1 is 0.686 bits per heavy atom. The van der Waals surface area contributed by atoms with Crippen molar-refractivity contribution in [2.24, 2.45) is 0 Å². The average molecular weight is 470 g/mol. The van der Waals surface area contributed by atoms with Crippen molar-refractivity contribution in [2.75, 3.05) is 0 Å². The van der Waals surface area contributed by atoms with Crippen LogP contribution in [-0.2, 0) is 0 Å². The van der Waals surface area contributed by atoms with Gasteiger partial charge in [0.15, 0.2) is 0 Å². The molecule has 0 saturated heterocycles. The normalized spacial score (nSPS) is 11.5.